The Morgan fingerprint density at radius 1 is 1.00 bits per heavy atom. The van der Waals surface area contributed by atoms with Crippen molar-refractivity contribution in [3.05, 3.63) is 29.8 Å². The molecule has 0 bridgehead atoms. The van der Waals surface area contributed by atoms with E-state index >= 15 is 0 Å². The zero-order valence-electron chi connectivity index (χ0n) is 12.5. The molecule has 0 aromatic heterocycles. The summed E-state index contributed by atoms with van der Waals surface area (Å²) in [5.41, 5.74) is 1.02. The van der Waals surface area contributed by atoms with Crippen molar-refractivity contribution in [3.8, 4) is 5.75 Å². The first kappa shape index (κ1) is 17.0. The molecule has 0 saturated carbocycles. The summed E-state index contributed by atoms with van der Waals surface area (Å²) in [5.74, 6) is 0.0386. The van der Waals surface area contributed by atoms with E-state index < -0.39 is 0 Å². The highest BCUT2D eigenvalue weighted by Gasteiger charge is 2.18. The van der Waals surface area contributed by atoms with Crippen molar-refractivity contribution in [2.75, 3.05) is 21.3 Å². The highest BCUT2D eigenvalue weighted by Crippen LogP contribution is 2.12. The van der Waals surface area contributed by atoms with Crippen molar-refractivity contribution in [3.63, 3.8) is 0 Å². The highest BCUT2D eigenvalue weighted by molar-refractivity contribution is 5.73. The Labute approximate surface area is 124 Å². The molecule has 1 rings (SSSR count). The van der Waals surface area contributed by atoms with E-state index in [0.29, 0.717) is 6.54 Å². The lowest BCUT2D eigenvalue weighted by Gasteiger charge is -2.16. The zero-order valence-corrected chi connectivity index (χ0v) is 12.5. The van der Waals surface area contributed by atoms with Crippen LogP contribution in [0.5, 0.6) is 5.75 Å². The summed E-state index contributed by atoms with van der Waals surface area (Å²) in [6, 6.07) is 7.21. The monoisotopic (exact) mass is 295 g/mol. The number of nitrogens with one attached hydrogen (secondary N) is 1. The Morgan fingerprint density at radius 3 is 1.95 bits per heavy atom. The number of methoxy groups -OCH3 is 3. The van der Waals surface area contributed by atoms with E-state index in [9.17, 15) is 9.59 Å². The number of esters is 2. The Morgan fingerprint density at radius 2 is 1.52 bits per heavy atom. The number of hydrogen-bond donors (Lipinski definition) is 1. The lowest BCUT2D eigenvalue weighted by molar-refractivity contribution is -0.143. The normalized spacial score (nSPS) is 10.3. The third kappa shape index (κ3) is 6.27. The summed E-state index contributed by atoms with van der Waals surface area (Å²) in [6.45, 7) is 0.530. The van der Waals surface area contributed by atoms with Crippen LogP contribution < -0.4 is 10.1 Å². The second-order valence-electron chi connectivity index (χ2n) is 4.49. The lowest BCUT2D eigenvalue weighted by Crippen LogP contribution is -2.33. The van der Waals surface area contributed by atoms with Crippen LogP contribution in [0.25, 0.3) is 0 Å². The van der Waals surface area contributed by atoms with E-state index in [1.807, 2.05) is 24.3 Å². The van der Waals surface area contributed by atoms with E-state index in [4.69, 9.17) is 4.74 Å². The van der Waals surface area contributed by atoms with Crippen LogP contribution in [0.3, 0.4) is 0 Å². The van der Waals surface area contributed by atoms with E-state index in [0.717, 1.165) is 11.3 Å². The molecule has 0 unspecified atom stereocenters. The van der Waals surface area contributed by atoms with Crippen LogP contribution in [0.2, 0.25) is 0 Å². The topological polar surface area (TPSA) is 73.9 Å². The van der Waals surface area contributed by atoms with Crippen LogP contribution in [0.1, 0.15) is 18.4 Å². The van der Waals surface area contributed by atoms with Crippen molar-refractivity contribution < 1.29 is 23.8 Å². The fourth-order valence-electron chi connectivity index (χ4n) is 1.79. The molecule has 1 N–H and O–H groups in total. The van der Waals surface area contributed by atoms with Crippen LogP contribution in [0.4, 0.5) is 0 Å². The van der Waals surface area contributed by atoms with Gasteiger partial charge < -0.3 is 19.5 Å². The Bertz CT molecular complexity index is 440. The molecule has 116 valence electrons. The van der Waals surface area contributed by atoms with E-state index in [1.54, 1.807) is 7.11 Å². The molecule has 0 atom stereocenters. The molecule has 0 amide bonds. The van der Waals surface area contributed by atoms with Crippen LogP contribution in [0, 0.1) is 0 Å². The molecular weight excluding hydrogens is 274 g/mol. The van der Waals surface area contributed by atoms with Crippen LogP contribution in [-0.4, -0.2) is 39.3 Å². The second kappa shape index (κ2) is 8.97. The number of hydrogen-bond acceptors (Lipinski definition) is 6. The quantitative estimate of drug-likeness (QED) is 0.728. The molecule has 0 radical (unpaired) electrons. The molecule has 0 heterocycles. The van der Waals surface area contributed by atoms with Gasteiger partial charge in [-0.3, -0.25) is 9.59 Å². The minimum Gasteiger partial charge on any atom is -0.497 e. The first-order chi connectivity index (χ1) is 10.1. The van der Waals surface area contributed by atoms with Crippen molar-refractivity contribution in [1.29, 1.82) is 0 Å². The standard InChI is InChI=1S/C15H21NO5/c1-19-13-6-4-11(5-7-13)10-16-12(8-14(17)20-2)9-15(18)21-3/h4-7,12,16H,8-10H2,1-3H3. The molecule has 0 aliphatic carbocycles. The molecule has 21 heavy (non-hydrogen) atoms. The molecule has 1 aromatic rings. The predicted octanol–water partition coefficient (Wildman–Crippen LogP) is 1.28. The third-order valence-electron chi connectivity index (χ3n) is 3.04. The smallest absolute Gasteiger partial charge is 0.307 e. The van der Waals surface area contributed by atoms with Crippen LogP contribution in [0.15, 0.2) is 24.3 Å². The van der Waals surface area contributed by atoms with Crippen molar-refractivity contribution in [2.45, 2.75) is 25.4 Å². The summed E-state index contributed by atoms with van der Waals surface area (Å²) >= 11 is 0. The lowest BCUT2D eigenvalue weighted by atomic mass is 10.1. The van der Waals surface area contributed by atoms with Gasteiger partial charge in [0.05, 0.1) is 34.2 Å². The number of ether oxygens (including phenoxy) is 3. The van der Waals surface area contributed by atoms with Gasteiger partial charge in [0.1, 0.15) is 5.75 Å². The third-order valence-corrected chi connectivity index (χ3v) is 3.04. The molecule has 0 spiro atoms. The molecule has 6 nitrogen and oxygen atoms in total. The number of rotatable bonds is 8. The predicted molar refractivity (Wildman–Crippen MR) is 76.9 cm³/mol. The van der Waals surface area contributed by atoms with Gasteiger partial charge in [0, 0.05) is 12.6 Å². The Balaban J connectivity index is 2.57. The van der Waals surface area contributed by atoms with Gasteiger partial charge in [0.15, 0.2) is 0 Å². The highest BCUT2D eigenvalue weighted by atomic mass is 16.5. The van der Waals surface area contributed by atoms with Gasteiger partial charge in [0.2, 0.25) is 0 Å². The van der Waals surface area contributed by atoms with Gasteiger partial charge in [-0.25, -0.2) is 0 Å². The number of carbonyl (C=O) groups is 2. The maximum absolute atomic E-state index is 11.4. The summed E-state index contributed by atoms with van der Waals surface area (Å²) in [4.78, 5) is 22.7. The SMILES string of the molecule is COC(=O)CC(CC(=O)OC)NCc1ccc(OC)cc1. The van der Waals surface area contributed by atoms with Crippen LogP contribution >= 0.6 is 0 Å². The maximum atomic E-state index is 11.4. The Kier molecular flexibility index (Phi) is 7.25. The molecule has 0 saturated heterocycles. The molecule has 0 aliphatic rings. The minimum atomic E-state index is -0.369. The summed E-state index contributed by atoms with van der Waals surface area (Å²) in [5, 5.41) is 3.16. The van der Waals surface area contributed by atoms with Crippen molar-refractivity contribution >= 4 is 11.9 Å². The molecule has 6 heteroatoms. The van der Waals surface area contributed by atoms with Gasteiger partial charge in [-0.05, 0) is 17.7 Å². The van der Waals surface area contributed by atoms with Gasteiger partial charge in [-0.1, -0.05) is 12.1 Å². The minimum absolute atomic E-state index is 0.113. The van der Waals surface area contributed by atoms with Gasteiger partial charge in [-0.2, -0.15) is 0 Å². The molecular formula is C15H21NO5. The summed E-state index contributed by atoms with van der Waals surface area (Å²) in [7, 11) is 4.25. The first-order valence-electron chi connectivity index (χ1n) is 6.59. The van der Waals surface area contributed by atoms with E-state index in [1.165, 1.54) is 14.2 Å². The summed E-state index contributed by atoms with van der Waals surface area (Å²) in [6.07, 6.45) is 0.226. The molecule has 0 aliphatic heterocycles. The van der Waals surface area contributed by atoms with Gasteiger partial charge in [-0.15, -0.1) is 0 Å². The second-order valence-corrected chi connectivity index (χ2v) is 4.49. The maximum Gasteiger partial charge on any atom is 0.307 e. The number of carbonyl (C=O) groups excluding carboxylic acids is 2. The largest absolute Gasteiger partial charge is 0.497 e. The molecule has 1 aromatic carbocycles. The van der Waals surface area contributed by atoms with E-state index in [-0.39, 0.29) is 30.8 Å². The van der Waals surface area contributed by atoms with Gasteiger partial charge in [0.25, 0.3) is 0 Å². The molecule has 0 fully saturated rings. The average Bonchev–Trinajstić information content (AvgIpc) is 2.52. The average molecular weight is 295 g/mol. The van der Waals surface area contributed by atoms with Crippen molar-refractivity contribution in [1.82, 2.24) is 5.32 Å². The van der Waals surface area contributed by atoms with E-state index in [2.05, 4.69) is 14.8 Å². The first-order valence-corrected chi connectivity index (χ1v) is 6.59. The fraction of sp³-hybridized carbons (Fsp3) is 0.467. The van der Waals surface area contributed by atoms with Crippen molar-refractivity contribution in [2.24, 2.45) is 0 Å². The summed E-state index contributed by atoms with van der Waals surface area (Å²) < 4.78 is 14.3. The Hall–Kier alpha value is -2.08. The van der Waals surface area contributed by atoms with Gasteiger partial charge >= 0.3 is 11.9 Å². The number of benzene rings is 1. The van der Waals surface area contributed by atoms with Crippen LogP contribution in [-0.2, 0) is 25.6 Å². The fourth-order valence-corrected chi connectivity index (χ4v) is 1.79. The zero-order chi connectivity index (χ0) is 15.7.